The minimum absolute atomic E-state index is 0.217. The number of hydrogen-bond donors (Lipinski definition) is 0. The molecule has 1 saturated heterocycles. The van der Waals surface area contributed by atoms with Gasteiger partial charge in [-0.2, -0.15) is 19.3 Å². The van der Waals surface area contributed by atoms with E-state index in [2.05, 4.69) is 15.3 Å². The summed E-state index contributed by atoms with van der Waals surface area (Å²) in [6.07, 6.45) is 1.98. The van der Waals surface area contributed by atoms with Gasteiger partial charge in [0.25, 0.3) is 5.91 Å². The molecule has 0 bridgehead atoms. The Kier molecular flexibility index (Phi) is 5.63. The van der Waals surface area contributed by atoms with Crippen LogP contribution in [0.25, 0.3) is 5.69 Å². The van der Waals surface area contributed by atoms with E-state index in [1.807, 2.05) is 30.3 Å². The molecule has 1 fully saturated rings. The van der Waals surface area contributed by atoms with E-state index in [0.717, 1.165) is 5.69 Å². The zero-order chi connectivity index (χ0) is 22.2. The molecule has 4 rings (SSSR count). The number of amides is 1. The first-order chi connectivity index (χ1) is 14.8. The standard InChI is InChI=1S/C20H25N7O3S/c1-15-19(16(2)24(3)22-15)31(29,30)26-11-7-10-25(12-13-26)20(28)18-14-21-27(23-18)17-8-5-4-6-9-17/h4-6,8-9,14H,7,10-13H2,1-3H3. The Morgan fingerprint density at radius 1 is 1.00 bits per heavy atom. The van der Waals surface area contributed by atoms with Crippen LogP contribution in [-0.2, 0) is 17.1 Å². The molecule has 11 heteroatoms. The largest absolute Gasteiger partial charge is 0.336 e. The van der Waals surface area contributed by atoms with E-state index in [4.69, 9.17) is 0 Å². The number of hydrogen-bond acceptors (Lipinski definition) is 6. The summed E-state index contributed by atoms with van der Waals surface area (Å²) in [7, 11) is -1.96. The molecule has 1 aliphatic heterocycles. The van der Waals surface area contributed by atoms with Crippen molar-refractivity contribution in [3.63, 3.8) is 0 Å². The molecular weight excluding hydrogens is 418 g/mol. The fraction of sp³-hybridized carbons (Fsp3) is 0.400. The summed E-state index contributed by atoms with van der Waals surface area (Å²) in [5.74, 6) is -0.254. The average Bonchev–Trinajstić information content (AvgIpc) is 3.23. The quantitative estimate of drug-likeness (QED) is 0.599. The Balaban J connectivity index is 1.49. The monoisotopic (exact) mass is 443 g/mol. The molecule has 0 N–H and O–H groups in total. The molecule has 0 aliphatic carbocycles. The second-order valence-electron chi connectivity index (χ2n) is 7.53. The molecule has 1 aromatic carbocycles. The van der Waals surface area contributed by atoms with Gasteiger partial charge in [-0.25, -0.2) is 8.42 Å². The number of para-hydroxylation sites is 1. The molecule has 10 nitrogen and oxygen atoms in total. The highest BCUT2D eigenvalue weighted by Gasteiger charge is 2.33. The van der Waals surface area contributed by atoms with E-state index >= 15 is 0 Å². The summed E-state index contributed by atoms with van der Waals surface area (Å²) >= 11 is 0. The molecule has 164 valence electrons. The summed E-state index contributed by atoms with van der Waals surface area (Å²) in [5, 5.41) is 12.7. The molecule has 0 spiro atoms. The Bertz CT molecular complexity index is 1200. The maximum Gasteiger partial charge on any atom is 0.276 e. The molecule has 1 amide bonds. The lowest BCUT2D eigenvalue weighted by Gasteiger charge is -2.21. The van der Waals surface area contributed by atoms with Crippen molar-refractivity contribution in [1.82, 2.24) is 34.0 Å². The first kappa shape index (κ1) is 21.2. The predicted molar refractivity (Wildman–Crippen MR) is 113 cm³/mol. The van der Waals surface area contributed by atoms with Crippen molar-refractivity contribution < 1.29 is 13.2 Å². The van der Waals surface area contributed by atoms with Crippen LogP contribution in [0.5, 0.6) is 0 Å². The van der Waals surface area contributed by atoms with Crippen LogP contribution in [0.2, 0.25) is 0 Å². The zero-order valence-corrected chi connectivity index (χ0v) is 18.6. The topological polar surface area (TPSA) is 106 Å². The van der Waals surface area contributed by atoms with Crippen LogP contribution in [0, 0.1) is 13.8 Å². The van der Waals surface area contributed by atoms with E-state index in [0.29, 0.717) is 30.9 Å². The Morgan fingerprint density at radius 2 is 1.74 bits per heavy atom. The van der Waals surface area contributed by atoms with E-state index in [9.17, 15) is 13.2 Å². The average molecular weight is 444 g/mol. The van der Waals surface area contributed by atoms with Gasteiger partial charge in [0.2, 0.25) is 10.0 Å². The van der Waals surface area contributed by atoms with Gasteiger partial charge in [0, 0.05) is 33.2 Å². The number of carbonyl (C=O) groups is 1. The number of nitrogens with zero attached hydrogens (tertiary/aromatic N) is 7. The van der Waals surface area contributed by atoms with Crippen LogP contribution in [0.1, 0.15) is 28.3 Å². The highest BCUT2D eigenvalue weighted by molar-refractivity contribution is 7.89. The number of benzene rings is 1. The van der Waals surface area contributed by atoms with Crippen LogP contribution >= 0.6 is 0 Å². The molecule has 0 radical (unpaired) electrons. The maximum atomic E-state index is 13.2. The molecule has 3 heterocycles. The molecule has 0 saturated carbocycles. The number of aryl methyl sites for hydroxylation is 2. The Labute approximate surface area is 181 Å². The molecular formula is C20H25N7O3S. The number of rotatable bonds is 4. The summed E-state index contributed by atoms with van der Waals surface area (Å²) in [4.78, 5) is 16.3. The number of carbonyl (C=O) groups excluding carboxylic acids is 1. The number of aromatic nitrogens is 5. The maximum absolute atomic E-state index is 13.2. The van der Waals surface area contributed by atoms with Crippen LogP contribution in [0.15, 0.2) is 41.4 Å². The third-order valence-electron chi connectivity index (χ3n) is 5.48. The second kappa shape index (κ2) is 8.23. The van der Waals surface area contributed by atoms with Crippen molar-refractivity contribution >= 4 is 15.9 Å². The van der Waals surface area contributed by atoms with Gasteiger partial charge in [-0.05, 0) is 32.4 Å². The minimum Gasteiger partial charge on any atom is -0.336 e. The van der Waals surface area contributed by atoms with Gasteiger partial charge in [0.15, 0.2) is 5.69 Å². The molecule has 1 aliphatic rings. The summed E-state index contributed by atoms with van der Waals surface area (Å²) in [5.41, 5.74) is 2.08. The normalized spacial score (nSPS) is 15.8. The van der Waals surface area contributed by atoms with E-state index < -0.39 is 10.0 Å². The second-order valence-corrected chi connectivity index (χ2v) is 9.40. The smallest absolute Gasteiger partial charge is 0.276 e. The lowest BCUT2D eigenvalue weighted by Crippen LogP contribution is -2.37. The summed E-state index contributed by atoms with van der Waals surface area (Å²) in [6.45, 7) is 4.74. The van der Waals surface area contributed by atoms with Crippen molar-refractivity contribution in [3.8, 4) is 5.69 Å². The van der Waals surface area contributed by atoms with Crippen molar-refractivity contribution in [2.75, 3.05) is 26.2 Å². The van der Waals surface area contributed by atoms with Crippen molar-refractivity contribution in [1.29, 1.82) is 0 Å². The van der Waals surface area contributed by atoms with Gasteiger partial charge < -0.3 is 4.90 Å². The third-order valence-corrected chi connectivity index (χ3v) is 7.63. The first-order valence-corrected chi connectivity index (χ1v) is 11.5. The summed E-state index contributed by atoms with van der Waals surface area (Å²) in [6, 6.07) is 9.34. The Morgan fingerprint density at radius 3 is 2.42 bits per heavy atom. The molecule has 31 heavy (non-hydrogen) atoms. The van der Waals surface area contributed by atoms with Crippen LogP contribution < -0.4 is 0 Å². The first-order valence-electron chi connectivity index (χ1n) is 10.1. The van der Waals surface area contributed by atoms with Crippen LogP contribution in [-0.4, -0.2) is 74.5 Å². The minimum atomic E-state index is -3.69. The van der Waals surface area contributed by atoms with E-state index in [-0.39, 0.29) is 29.6 Å². The van der Waals surface area contributed by atoms with Gasteiger partial charge in [-0.15, -0.1) is 5.10 Å². The van der Waals surface area contributed by atoms with Gasteiger partial charge >= 0.3 is 0 Å². The third kappa shape index (κ3) is 3.98. The fourth-order valence-electron chi connectivity index (χ4n) is 3.80. The molecule has 3 aromatic rings. The van der Waals surface area contributed by atoms with Gasteiger partial charge in [-0.1, -0.05) is 18.2 Å². The zero-order valence-electron chi connectivity index (χ0n) is 17.8. The van der Waals surface area contributed by atoms with Crippen LogP contribution in [0.4, 0.5) is 0 Å². The molecule has 0 unspecified atom stereocenters. The van der Waals surface area contributed by atoms with Crippen molar-refractivity contribution in [3.05, 3.63) is 53.6 Å². The number of sulfonamides is 1. The lowest BCUT2D eigenvalue weighted by molar-refractivity contribution is 0.0758. The van der Waals surface area contributed by atoms with E-state index in [1.54, 1.807) is 30.5 Å². The SMILES string of the molecule is Cc1nn(C)c(C)c1S(=O)(=O)N1CCCN(C(=O)c2cnn(-c3ccccc3)n2)CC1. The van der Waals surface area contributed by atoms with Crippen LogP contribution in [0.3, 0.4) is 0 Å². The van der Waals surface area contributed by atoms with E-state index in [1.165, 1.54) is 15.3 Å². The van der Waals surface area contributed by atoms with Gasteiger partial charge in [0.1, 0.15) is 4.90 Å². The van der Waals surface area contributed by atoms with Crippen molar-refractivity contribution in [2.24, 2.45) is 7.05 Å². The van der Waals surface area contributed by atoms with Crippen molar-refractivity contribution in [2.45, 2.75) is 25.2 Å². The fourth-order valence-corrected chi connectivity index (χ4v) is 5.67. The molecule has 0 atom stereocenters. The lowest BCUT2D eigenvalue weighted by atomic mass is 10.3. The summed E-state index contributed by atoms with van der Waals surface area (Å²) < 4.78 is 29.5. The predicted octanol–water partition coefficient (Wildman–Crippen LogP) is 1.15. The highest BCUT2D eigenvalue weighted by Crippen LogP contribution is 2.24. The Hall–Kier alpha value is -3.05. The molecule has 2 aromatic heterocycles. The highest BCUT2D eigenvalue weighted by atomic mass is 32.2. The van der Waals surface area contributed by atoms with Gasteiger partial charge in [0.05, 0.1) is 23.3 Å². The van der Waals surface area contributed by atoms with Gasteiger partial charge in [-0.3, -0.25) is 9.48 Å².